The first kappa shape index (κ1) is 18.1. The zero-order valence-electron chi connectivity index (χ0n) is 16.6. The number of aromatic nitrogens is 2. The Balaban J connectivity index is 1.46. The molecule has 1 amide bonds. The largest absolute Gasteiger partial charge is 0.491 e. The van der Waals surface area contributed by atoms with Crippen molar-refractivity contribution in [2.24, 2.45) is 0 Å². The number of aromatic amines is 1. The zero-order valence-corrected chi connectivity index (χ0v) is 16.6. The summed E-state index contributed by atoms with van der Waals surface area (Å²) in [6, 6.07) is 8.00. The lowest BCUT2D eigenvalue weighted by molar-refractivity contribution is 0.0957. The Labute approximate surface area is 169 Å². The topological polar surface area (TPSA) is 73.5 Å². The Kier molecular flexibility index (Phi) is 4.69. The predicted molar refractivity (Wildman–Crippen MR) is 112 cm³/mol. The number of ether oxygens (including phenoxy) is 1. The molecule has 2 aromatic heterocycles. The molecule has 0 bridgehead atoms. The van der Waals surface area contributed by atoms with Crippen LogP contribution < -0.4 is 10.1 Å². The van der Waals surface area contributed by atoms with Crippen molar-refractivity contribution >= 4 is 16.9 Å². The van der Waals surface area contributed by atoms with Crippen molar-refractivity contribution in [3.8, 4) is 16.9 Å². The van der Waals surface area contributed by atoms with E-state index in [1.165, 1.54) is 5.56 Å². The standard InChI is InChI=1S/C22H25N5O2/c1-26-5-7-27(8-6-26)14-15-10-18-19(13-25-21(18)24-12-15)16-2-3-17-20(11-16)29-9-4-23-22(17)28/h2-3,10-13H,4-9,14H2,1H3,(H,23,28)(H,24,25). The second-order valence-corrected chi connectivity index (χ2v) is 7.84. The molecule has 7 nitrogen and oxygen atoms in total. The van der Waals surface area contributed by atoms with Crippen LogP contribution in [0.4, 0.5) is 0 Å². The number of nitrogens with zero attached hydrogens (tertiary/aromatic N) is 3. The molecule has 5 rings (SSSR count). The van der Waals surface area contributed by atoms with Crippen LogP contribution in [-0.2, 0) is 6.54 Å². The summed E-state index contributed by atoms with van der Waals surface area (Å²) in [5, 5.41) is 3.94. The number of fused-ring (bicyclic) bond motifs is 2. The van der Waals surface area contributed by atoms with E-state index >= 15 is 0 Å². The molecular formula is C22H25N5O2. The van der Waals surface area contributed by atoms with Crippen molar-refractivity contribution in [1.82, 2.24) is 25.1 Å². The van der Waals surface area contributed by atoms with Gasteiger partial charge in [0, 0.05) is 56.1 Å². The van der Waals surface area contributed by atoms with Crippen molar-refractivity contribution in [1.29, 1.82) is 0 Å². The Morgan fingerprint density at radius 2 is 2.00 bits per heavy atom. The number of carbonyl (C=O) groups is 1. The lowest BCUT2D eigenvalue weighted by Gasteiger charge is -2.32. The summed E-state index contributed by atoms with van der Waals surface area (Å²) in [6.07, 6.45) is 3.95. The molecule has 1 aromatic carbocycles. The summed E-state index contributed by atoms with van der Waals surface area (Å²) < 4.78 is 5.78. The second kappa shape index (κ2) is 7.50. The van der Waals surface area contributed by atoms with E-state index in [-0.39, 0.29) is 5.91 Å². The van der Waals surface area contributed by atoms with Gasteiger partial charge in [-0.05, 0) is 36.4 Å². The number of hydrogen-bond acceptors (Lipinski definition) is 5. The van der Waals surface area contributed by atoms with Crippen LogP contribution >= 0.6 is 0 Å². The van der Waals surface area contributed by atoms with Crippen LogP contribution in [0.1, 0.15) is 15.9 Å². The molecule has 0 radical (unpaired) electrons. The average molecular weight is 391 g/mol. The molecule has 2 aliphatic heterocycles. The van der Waals surface area contributed by atoms with Crippen LogP contribution in [0.2, 0.25) is 0 Å². The SMILES string of the molecule is CN1CCN(Cc2cnc3[nH]cc(-c4ccc5c(c4)OCCNC5=O)c3c2)CC1. The number of nitrogens with one attached hydrogen (secondary N) is 2. The molecule has 0 aliphatic carbocycles. The Morgan fingerprint density at radius 1 is 1.14 bits per heavy atom. The summed E-state index contributed by atoms with van der Waals surface area (Å²) >= 11 is 0. The Morgan fingerprint density at radius 3 is 2.86 bits per heavy atom. The Hall–Kier alpha value is -2.90. The second-order valence-electron chi connectivity index (χ2n) is 7.84. The van der Waals surface area contributed by atoms with Gasteiger partial charge in [-0.25, -0.2) is 4.98 Å². The first-order valence-corrected chi connectivity index (χ1v) is 10.1. The number of hydrogen-bond donors (Lipinski definition) is 2. The number of pyridine rings is 1. The zero-order chi connectivity index (χ0) is 19.8. The van der Waals surface area contributed by atoms with E-state index in [0.717, 1.165) is 54.9 Å². The summed E-state index contributed by atoms with van der Waals surface area (Å²) in [5.74, 6) is 0.549. The number of carbonyl (C=O) groups excluding carboxylic acids is 1. The molecule has 3 aromatic rings. The highest BCUT2D eigenvalue weighted by molar-refractivity contribution is 5.99. The molecule has 0 atom stereocenters. The maximum atomic E-state index is 12.2. The minimum atomic E-state index is -0.0842. The van der Waals surface area contributed by atoms with Gasteiger partial charge in [0.25, 0.3) is 5.91 Å². The molecule has 2 N–H and O–H groups in total. The van der Waals surface area contributed by atoms with Gasteiger partial charge in [-0.2, -0.15) is 0 Å². The minimum Gasteiger partial charge on any atom is -0.491 e. The summed E-state index contributed by atoms with van der Waals surface area (Å²) in [6.45, 7) is 6.29. The van der Waals surface area contributed by atoms with Gasteiger partial charge < -0.3 is 19.9 Å². The van der Waals surface area contributed by atoms with Gasteiger partial charge in [-0.15, -0.1) is 0 Å². The minimum absolute atomic E-state index is 0.0842. The van der Waals surface area contributed by atoms with Crippen LogP contribution in [0.5, 0.6) is 5.75 Å². The van der Waals surface area contributed by atoms with Crippen LogP contribution in [0, 0.1) is 0 Å². The number of likely N-dealkylation sites (N-methyl/N-ethyl adjacent to an activating group) is 1. The van der Waals surface area contributed by atoms with Crippen LogP contribution in [0.3, 0.4) is 0 Å². The van der Waals surface area contributed by atoms with E-state index in [0.29, 0.717) is 24.5 Å². The van der Waals surface area contributed by atoms with Crippen LogP contribution in [-0.4, -0.2) is 72.1 Å². The maximum Gasteiger partial charge on any atom is 0.255 e. The monoisotopic (exact) mass is 391 g/mol. The fourth-order valence-corrected chi connectivity index (χ4v) is 4.05. The van der Waals surface area contributed by atoms with Crippen LogP contribution in [0.15, 0.2) is 36.7 Å². The Bertz CT molecular complexity index is 1050. The van der Waals surface area contributed by atoms with Crippen molar-refractivity contribution in [3.63, 3.8) is 0 Å². The number of benzene rings is 1. The molecule has 150 valence electrons. The first-order chi connectivity index (χ1) is 14.2. The van der Waals surface area contributed by atoms with Crippen molar-refractivity contribution in [3.05, 3.63) is 47.8 Å². The summed E-state index contributed by atoms with van der Waals surface area (Å²) in [5.41, 5.74) is 4.76. The summed E-state index contributed by atoms with van der Waals surface area (Å²) in [4.78, 5) is 24.9. The average Bonchev–Trinajstić information content (AvgIpc) is 3.06. The third-order valence-electron chi connectivity index (χ3n) is 5.77. The van der Waals surface area contributed by atoms with Gasteiger partial charge in [0.15, 0.2) is 0 Å². The van der Waals surface area contributed by atoms with Crippen molar-refractivity contribution in [2.45, 2.75) is 6.54 Å². The number of piperazine rings is 1. The van der Waals surface area contributed by atoms with Gasteiger partial charge >= 0.3 is 0 Å². The molecule has 29 heavy (non-hydrogen) atoms. The van der Waals surface area contributed by atoms with E-state index in [9.17, 15) is 4.79 Å². The lowest BCUT2D eigenvalue weighted by atomic mass is 10.0. The van der Waals surface area contributed by atoms with Crippen LogP contribution in [0.25, 0.3) is 22.2 Å². The maximum absolute atomic E-state index is 12.2. The molecular weight excluding hydrogens is 366 g/mol. The normalized spacial score (nSPS) is 18.2. The smallest absolute Gasteiger partial charge is 0.255 e. The first-order valence-electron chi connectivity index (χ1n) is 10.1. The third kappa shape index (κ3) is 3.59. The third-order valence-corrected chi connectivity index (χ3v) is 5.77. The van der Waals surface area contributed by atoms with Crippen molar-refractivity contribution < 1.29 is 9.53 Å². The molecule has 1 fully saturated rings. The van der Waals surface area contributed by atoms with Gasteiger partial charge in [0.05, 0.1) is 12.1 Å². The quantitative estimate of drug-likeness (QED) is 0.715. The number of rotatable bonds is 3. The highest BCUT2D eigenvalue weighted by Crippen LogP contribution is 2.33. The van der Waals surface area contributed by atoms with Gasteiger partial charge in [0.2, 0.25) is 0 Å². The number of amides is 1. The van der Waals surface area contributed by atoms with Gasteiger partial charge in [0.1, 0.15) is 18.0 Å². The molecule has 2 aliphatic rings. The predicted octanol–water partition coefficient (Wildman–Crippen LogP) is 2.10. The van der Waals surface area contributed by atoms with E-state index in [1.807, 2.05) is 30.6 Å². The van der Waals surface area contributed by atoms with Crippen molar-refractivity contribution in [2.75, 3.05) is 46.4 Å². The van der Waals surface area contributed by atoms with E-state index in [1.54, 1.807) is 0 Å². The highest BCUT2D eigenvalue weighted by atomic mass is 16.5. The lowest BCUT2D eigenvalue weighted by Crippen LogP contribution is -2.43. The molecule has 0 saturated carbocycles. The fourth-order valence-electron chi connectivity index (χ4n) is 4.05. The van der Waals surface area contributed by atoms with Gasteiger partial charge in [-0.1, -0.05) is 6.07 Å². The van der Waals surface area contributed by atoms with E-state index in [2.05, 4.69) is 38.2 Å². The number of H-pyrrole nitrogens is 1. The van der Waals surface area contributed by atoms with E-state index < -0.39 is 0 Å². The van der Waals surface area contributed by atoms with Gasteiger partial charge in [-0.3, -0.25) is 9.69 Å². The fraction of sp³-hybridized carbons (Fsp3) is 0.364. The molecule has 7 heteroatoms. The highest BCUT2D eigenvalue weighted by Gasteiger charge is 2.19. The molecule has 0 spiro atoms. The van der Waals surface area contributed by atoms with E-state index in [4.69, 9.17) is 4.74 Å². The molecule has 1 saturated heterocycles. The molecule has 0 unspecified atom stereocenters. The summed E-state index contributed by atoms with van der Waals surface area (Å²) in [7, 11) is 2.17. The molecule has 4 heterocycles.